The SMILES string of the molecule is CCSCCCOC1CC(O)CC(C(O)CCNC)O1. The highest BCUT2D eigenvalue weighted by Crippen LogP contribution is 2.24. The highest BCUT2D eigenvalue weighted by atomic mass is 32.2. The van der Waals surface area contributed by atoms with E-state index in [2.05, 4.69) is 12.2 Å². The molecule has 0 amide bonds. The molecule has 1 heterocycles. The van der Waals surface area contributed by atoms with E-state index in [0.29, 0.717) is 25.9 Å². The first-order valence-electron chi connectivity index (χ1n) is 7.52. The van der Waals surface area contributed by atoms with Crippen LogP contribution in [0.25, 0.3) is 0 Å². The van der Waals surface area contributed by atoms with Gasteiger partial charge in [-0.2, -0.15) is 11.8 Å². The Morgan fingerprint density at radius 3 is 2.95 bits per heavy atom. The number of rotatable bonds is 10. The molecule has 6 heteroatoms. The summed E-state index contributed by atoms with van der Waals surface area (Å²) in [5, 5.41) is 22.9. The molecule has 120 valence electrons. The zero-order chi connectivity index (χ0) is 14.8. The van der Waals surface area contributed by atoms with E-state index in [4.69, 9.17) is 9.47 Å². The monoisotopic (exact) mass is 307 g/mol. The topological polar surface area (TPSA) is 71.0 Å². The highest BCUT2D eigenvalue weighted by Gasteiger charge is 2.32. The molecule has 0 spiro atoms. The Balaban J connectivity index is 2.26. The van der Waals surface area contributed by atoms with Gasteiger partial charge in [0.15, 0.2) is 6.29 Å². The fraction of sp³-hybridized carbons (Fsp3) is 1.00. The van der Waals surface area contributed by atoms with Gasteiger partial charge < -0.3 is 25.0 Å². The van der Waals surface area contributed by atoms with Crippen LogP contribution in [0.4, 0.5) is 0 Å². The van der Waals surface area contributed by atoms with Crippen LogP contribution in [-0.4, -0.2) is 66.5 Å². The van der Waals surface area contributed by atoms with Gasteiger partial charge in [0.05, 0.1) is 24.9 Å². The average Bonchev–Trinajstić information content (AvgIpc) is 2.44. The molecule has 4 unspecified atom stereocenters. The predicted octanol–water partition coefficient (Wildman–Crippen LogP) is 0.983. The highest BCUT2D eigenvalue weighted by molar-refractivity contribution is 7.99. The number of hydrogen-bond acceptors (Lipinski definition) is 6. The summed E-state index contributed by atoms with van der Waals surface area (Å²) in [6.45, 7) is 3.52. The Labute approximate surface area is 126 Å². The first-order chi connectivity index (χ1) is 9.67. The van der Waals surface area contributed by atoms with Gasteiger partial charge in [0.1, 0.15) is 0 Å². The zero-order valence-electron chi connectivity index (χ0n) is 12.6. The van der Waals surface area contributed by atoms with Gasteiger partial charge in [-0.1, -0.05) is 6.92 Å². The molecule has 3 N–H and O–H groups in total. The lowest BCUT2D eigenvalue weighted by molar-refractivity contribution is -0.234. The summed E-state index contributed by atoms with van der Waals surface area (Å²) in [4.78, 5) is 0. The number of nitrogens with one attached hydrogen (secondary N) is 1. The van der Waals surface area contributed by atoms with Crippen molar-refractivity contribution in [1.82, 2.24) is 5.32 Å². The molecule has 0 bridgehead atoms. The Kier molecular flexibility index (Phi) is 9.84. The van der Waals surface area contributed by atoms with Crippen molar-refractivity contribution in [2.45, 2.75) is 57.2 Å². The van der Waals surface area contributed by atoms with Crippen LogP contribution in [0, 0.1) is 0 Å². The molecule has 0 radical (unpaired) electrons. The van der Waals surface area contributed by atoms with Gasteiger partial charge in [-0.05, 0) is 37.9 Å². The molecule has 1 saturated heterocycles. The second-order valence-corrected chi connectivity index (χ2v) is 6.50. The van der Waals surface area contributed by atoms with Crippen molar-refractivity contribution >= 4 is 11.8 Å². The van der Waals surface area contributed by atoms with Gasteiger partial charge in [-0.3, -0.25) is 0 Å². The van der Waals surface area contributed by atoms with Crippen LogP contribution in [0.3, 0.4) is 0 Å². The Morgan fingerprint density at radius 1 is 1.45 bits per heavy atom. The first kappa shape index (κ1) is 18.2. The lowest BCUT2D eigenvalue weighted by Gasteiger charge is -2.35. The summed E-state index contributed by atoms with van der Waals surface area (Å²) in [6.07, 6.45) is 0.857. The molecule has 5 nitrogen and oxygen atoms in total. The predicted molar refractivity (Wildman–Crippen MR) is 82.0 cm³/mol. The molecule has 20 heavy (non-hydrogen) atoms. The molecule has 4 atom stereocenters. The molecule has 0 aromatic carbocycles. The van der Waals surface area contributed by atoms with Gasteiger partial charge in [-0.25, -0.2) is 0 Å². The standard InChI is InChI=1S/C14H29NO4S/c1-3-20-8-4-7-18-14-10-11(16)9-13(19-14)12(17)5-6-15-2/h11-17H,3-10H2,1-2H3. The van der Waals surface area contributed by atoms with Crippen LogP contribution >= 0.6 is 11.8 Å². The molecule has 1 aliphatic heterocycles. The van der Waals surface area contributed by atoms with Crippen molar-refractivity contribution in [3.63, 3.8) is 0 Å². The Hall–Kier alpha value is 0.150. The summed E-state index contributed by atoms with van der Waals surface area (Å²) < 4.78 is 11.4. The molecule has 0 aromatic rings. The number of hydrogen-bond donors (Lipinski definition) is 3. The summed E-state index contributed by atoms with van der Waals surface area (Å²) in [6, 6.07) is 0. The van der Waals surface area contributed by atoms with E-state index in [0.717, 1.165) is 24.5 Å². The third-order valence-electron chi connectivity index (χ3n) is 3.36. The average molecular weight is 307 g/mol. The molecule has 1 rings (SSSR count). The van der Waals surface area contributed by atoms with Gasteiger partial charge >= 0.3 is 0 Å². The third-order valence-corrected chi connectivity index (χ3v) is 4.34. The van der Waals surface area contributed by atoms with Crippen LogP contribution in [0.2, 0.25) is 0 Å². The van der Waals surface area contributed by atoms with Crippen LogP contribution < -0.4 is 5.32 Å². The quantitative estimate of drug-likeness (QED) is 0.523. The van der Waals surface area contributed by atoms with E-state index in [1.54, 1.807) is 0 Å². The second kappa shape index (κ2) is 10.8. The number of ether oxygens (including phenoxy) is 2. The summed E-state index contributed by atoms with van der Waals surface area (Å²) in [5.41, 5.74) is 0. The number of thioether (sulfide) groups is 1. The maximum absolute atomic E-state index is 10.0. The van der Waals surface area contributed by atoms with Crippen LogP contribution in [-0.2, 0) is 9.47 Å². The van der Waals surface area contributed by atoms with E-state index in [1.165, 1.54) is 0 Å². The van der Waals surface area contributed by atoms with Gasteiger partial charge in [0.25, 0.3) is 0 Å². The van der Waals surface area contributed by atoms with Gasteiger partial charge in [0.2, 0.25) is 0 Å². The summed E-state index contributed by atoms with van der Waals surface area (Å²) >= 11 is 1.89. The van der Waals surface area contributed by atoms with E-state index >= 15 is 0 Å². The molecule has 1 fully saturated rings. The molecular weight excluding hydrogens is 278 g/mol. The van der Waals surface area contributed by atoms with Crippen molar-refractivity contribution in [2.75, 3.05) is 31.7 Å². The van der Waals surface area contributed by atoms with Crippen LogP contribution in [0.5, 0.6) is 0 Å². The number of aliphatic hydroxyl groups excluding tert-OH is 2. The lowest BCUT2D eigenvalue weighted by Crippen LogP contribution is -2.44. The summed E-state index contributed by atoms with van der Waals surface area (Å²) in [5.74, 6) is 2.21. The van der Waals surface area contributed by atoms with Crippen LogP contribution in [0.15, 0.2) is 0 Å². The second-order valence-electron chi connectivity index (χ2n) is 5.11. The maximum atomic E-state index is 10.0. The van der Waals surface area contributed by atoms with Crippen molar-refractivity contribution in [3.8, 4) is 0 Å². The molecule has 0 aromatic heterocycles. The Morgan fingerprint density at radius 2 is 2.25 bits per heavy atom. The molecule has 0 saturated carbocycles. The van der Waals surface area contributed by atoms with Crippen molar-refractivity contribution in [1.29, 1.82) is 0 Å². The van der Waals surface area contributed by atoms with E-state index in [9.17, 15) is 10.2 Å². The molecule has 1 aliphatic rings. The fourth-order valence-corrected chi connectivity index (χ4v) is 2.86. The largest absolute Gasteiger partial charge is 0.393 e. The molecule has 0 aliphatic carbocycles. The van der Waals surface area contributed by atoms with Crippen molar-refractivity contribution in [3.05, 3.63) is 0 Å². The lowest BCUT2D eigenvalue weighted by atomic mass is 9.99. The third kappa shape index (κ3) is 7.24. The van der Waals surface area contributed by atoms with Crippen molar-refractivity contribution in [2.24, 2.45) is 0 Å². The van der Waals surface area contributed by atoms with Gasteiger partial charge in [-0.15, -0.1) is 0 Å². The van der Waals surface area contributed by atoms with Crippen LogP contribution in [0.1, 0.15) is 32.6 Å². The van der Waals surface area contributed by atoms with Gasteiger partial charge in [0, 0.05) is 12.8 Å². The zero-order valence-corrected chi connectivity index (χ0v) is 13.4. The van der Waals surface area contributed by atoms with E-state index in [1.807, 2.05) is 18.8 Å². The van der Waals surface area contributed by atoms with Crippen molar-refractivity contribution < 1.29 is 19.7 Å². The van der Waals surface area contributed by atoms with E-state index in [-0.39, 0.29) is 12.4 Å². The fourth-order valence-electron chi connectivity index (χ4n) is 2.25. The smallest absolute Gasteiger partial charge is 0.160 e. The normalized spacial score (nSPS) is 28.5. The Bertz CT molecular complexity index is 245. The maximum Gasteiger partial charge on any atom is 0.160 e. The minimum Gasteiger partial charge on any atom is -0.393 e. The first-order valence-corrected chi connectivity index (χ1v) is 8.68. The molecular formula is C14H29NO4S. The summed E-state index contributed by atoms with van der Waals surface area (Å²) in [7, 11) is 1.85. The minimum atomic E-state index is -0.556. The van der Waals surface area contributed by atoms with E-state index < -0.39 is 12.2 Å². The minimum absolute atomic E-state index is 0.331. The number of aliphatic hydroxyl groups is 2.